The van der Waals surface area contributed by atoms with Crippen LogP contribution < -0.4 is 0 Å². The van der Waals surface area contributed by atoms with Gasteiger partial charge in [-0.3, -0.25) is 0 Å². The van der Waals surface area contributed by atoms with E-state index in [1.807, 2.05) is 12.3 Å². The Balaban J connectivity index is 2.03. The third-order valence-electron chi connectivity index (χ3n) is 2.93. The molecule has 16 heavy (non-hydrogen) atoms. The van der Waals surface area contributed by atoms with Crippen molar-refractivity contribution in [1.29, 1.82) is 0 Å². The number of aryl methyl sites for hydroxylation is 1. The van der Waals surface area contributed by atoms with E-state index in [0.29, 0.717) is 0 Å². The van der Waals surface area contributed by atoms with E-state index in [9.17, 15) is 0 Å². The molecule has 0 atom stereocenters. The van der Waals surface area contributed by atoms with Gasteiger partial charge in [0.05, 0.1) is 18.2 Å². The molecule has 3 heteroatoms. The number of aromatic amines is 1. The van der Waals surface area contributed by atoms with Gasteiger partial charge in [0.1, 0.15) is 0 Å². The molecule has 1 N–H and O–H groups in total. The minimum atomic E-state index is 0.821. The monoisotopic (exact) mass is 230 g/mol. The zero-order chi connectivity index (χ0) is 11.0. The second-order valence-corrected chi connectivity index (χ2v) is 4.41. The second kappa shape index (κ2) is 3.80. The average molecular weight is 231 g/mol. The van der Waals surface area contributed by atoms with Crippen LogP contribution in [0.1, 0.15) is 23.2 Å². The van der Waals surface area contributed by atoms with Crippen molar-refractivity contribution >= 4 is 23.3 Å². The van der Waals surface area contributed by atoms with Gasteiger partial charge in [0, 0.05) is 5.02 Å². The normalized spacial score (nSPS) is 16.7. The average Bonchev–Trinajstić information content (AvgIpc) is 2.89. The highest BCUT2D eigenvalue weighted by Gasteiger charge is 2.16. The minimum absolute atomic E-state index is 0.821. The number of fused-ring (bicyclic) bond motifs is 1. The number of aromatic nitrogens is 2. The minimum Gasteiger partial charge on any atom is -0.345 e. The smallest absolute Gasteiger partial charge is 0.0924 e. The summed E-state index contributed by atoms with van der Waals surface area (Å²) in [7, 11) is 0. The SMILES string of the molecule is Clc1ccc2c(c1)CC/C2=C/c1cnc[nH]1. The first-order chi connectivity index (χ1) is 7.83. The number of H-pyrrole nitrogens is 1. The van der Waals surface area contributed by atoms with Gasteiger partial charge in [0.25, 0.3) is 0 Å². The highest BCUT2D eigenvalue weighted by atomic mass is 35.5. The van der Waals surface area contributed by atoms with Crippen LogP contribution in [0.2, 0.25) is 5.02 Å². The van der Waals surface area contributed by atoms with Crippen molar-refractivity contribution in [2.75, 3.05) is 0 Å². The van der Waals surface area contributed by atoms with Gasteiger partial charge in [-0.2, -0.15) is 0 Å². The molecule has 1 aromatic carbocycles. The van der Waals surface area contributed by atoms with E-state index in [1.165, 1.54) is 16.7 Å². The summed E-state index contributed by atoms with van der Waals surface area (Å²) in [6.07, 6.45) is 7.85. The molecule has 0 unspecified atom stereocenters. The number of halogens is 1. The fourth-order valence-electron chi connectivity index (χ4n) is 2.17. The van der Waals surface area contributed by atoms with Gasteiger partial charge < -0.3 is 4.98 Å². The molecule has 3 rings (SSSR count). The molecule has 2 nitrogen and oxygen atoms in total. The van der Waals surface area contributed by atoms with Crippen molar-refractivity contribution in [3.63, 3.8) is 0 Å². The van der Waals surface area contributed by atoms with Gasteiger partial charge in [-0.15, -0.1) is 0 Å². The lowest BCUT2D eigenvalue weighted by atomic mass is 10.1. The van der Waals surface area contributed by atoms with Gasteiger partial charge >= 0.3 is 0 Å². The maximum Gasteiger partial charge on any atom is 0.0924 e. The number of benzene rings is 1. The summed E-state index contributed by atoms with van der Waals surface area (Å²) in [4.78, 5) is 7.11. The largest absolute Gasteiger partial charge is 0.345 e. The predicted molar refractivity (Wildman–Crippen MR) is 66.2 cm³/mol. The summed E-state index contributed by atoms with van der Waals surface area (Å²) in [5.74, 6) is 0. The quantitative estimate of drug-likeness (QED) is 0.798. The first-order valence-corrected chi connectivity index (χ1v) is 5.68. The van der Waals surface area contributed by atoms with Crippen molar-refractivity contribution in [2.24, 2.45) is 0 Å². The standard InChI is InChI=1S/C13H11ClN2/c14-11-3-4-13-9(5-11)1-2-10(13)6-12-7-15-8-16-12/h3-8H,1-2H2,(H,15,16)/b10-6-. The fourth-order valence-corrected chi connectivity index (χ4v) is 2.36. The number of nitrogens with zero attached hydrogens (tertiary/aromatic N) is 1. The Morgan fingerprint density at radius 1 is 1.31 bits per heavy atom. The van der Waals surface area contributed by atoms with E-state index in [4.69, 9.17) is 11.6 Å². The molecule has 0 radical (unpaired) electrons. The lowest BCUT2D eigenvalue weighted by Gasteiger charge is -2.00. The van der Waals surface area contributed by atoms with Crippen molar-refractivity contribution in [2.45, 2.75) is 12.8 Å². The Bertz CT molecular complexity index is 541. The molecule has 0 saturated carbocycles. The van der Waals surface area contributed by atoms with Crippen LogP contribution in [0.4, 0.5) is 0 Å². The zero-order valence-corrected chi connectivity index (χ0v) is 9.46. The molecular weight excluding hydrogens is 220 g/mol. The Labute approximate surface area is 99.0 Å². The molecular formula is C13H11ClN2. The molecule has 80 valence electrons. The Morgan fingerprint density at radius 2 is 2.25 bits per heavy atom. The van der Waals surface area contributed by atoms with E-state index in [1.54, 1.807) is 6.33 Å². The van der Waals surface area contributed by atoms with Crippen molar-refractivity contribution < 1.29 is 0 Å². The van der Waals surface area contributed by atoms with Gasteiger partial charge in [0.15, 0.2) is 0 Å². The first-order valence-electron chi connectivity index (χ1n) is 5.31. The summed E-state index contributed by atoms with van der Waals surface area (Å²) in [6, 6.07) is 6.12. The van der Waals surface area contributed by atoms with Crippen LogP contribution in [-0.2, 0) is 6.42 Å². The van der Waals surface area contributed by atoms with Crippen LogP contribution in [0.15, 0.2) is 30.7 Å². The molecule has 0 bridgehead atoms. The molecule has 1 heterocycles. The van der Waals surface area contributed by atoms with Gasteiger partial charge in [-0.1, -0.05) is 17.7 Å². The van der Waals surface area contributed by atoms with Crippen molar-refractivity contribution in [3.05, 3.63) is 52.6 Å². The van der Waals surface area contributed by atoms with Crippen molar-refractivity contribution in [3.8, 4) is 0 Å². The number of rotatable bonds is 1. The molecule has 1 aliphatic carbocycles. The number of hydrogen-bond acceptors (Lipinski definition) is 1. The highest BCUT2D eigenvalue weighted by molar-refractivity contribution is 6.30. The van der Waals surface area contributed by atoms with Crippen molar-refractivity contribution in [1.82, 2.24) is 9.97 Å². The number of imidazole rings is 1. The van der Waals surface area contributed by atoms with Gasteiger partial charge in [0.2, 0.25) is 0 Å². The molecule has 2 aromatic rings. The summed E-state index contributed by atoms with van der Waals surface area (Å²) < 4.78 is 0. The second-order valence-electron chi connectivity index (χ2n) is 3.98. The lowest BCUT2D eigenvalue weighted by molar-refractivity contribution is 1.08. The van der Waals surface area contributed by atoms with Crippen LogP contribution >= 0.6 is 11.6 Å². The fraction of sp³-hybridized carbons (Fsp3) is 0.154. The van der Waals surface area contributed by atoms with Crippen LogP contribution in [0.25, 0.3) is 11.6 Å². The Hall–Kier alpha value is -1.54. The van der Waals surface area contributed by atoms with E-state index in [0.717, 1.165) is 23.6 Å². The van der Waals surface area contributed by atoms with Crippen LogP contribution in [0.3, 0.4) is 0 Å². The molecule has 0 amide bonds. The molecule has 0 aliphatic heterocycles. The van der Waals surface area contributed by atoms with E-state index in [-0.39, 0.29) is 0 Å². The Kier molecular flexibility index (Phi) is 2.29. The number of hydrogen-bond donors (Lipinski definition) is 1. The molecule has 1 aliphatic rings. The van der Waals surface area contributed by atoms with Crippen LogP contribution in [0, 0.1) is 0 Å². The highest BCUT2D eigenvalue weighted by Crippen LogP contribution is 2.34. The maximum absolute atomic E-state index is 5.98. The van der Waals surface area contributed by atoms with Gasteiger partial charge in [-0.25, -0.2) is 4.98 Å². The van der Waals surface area contributed by atoms with E-state index < -0.39 is 0 Å². The molecule has 0 saturated heterocycles. The lowest BCUT2D eigenvalue weighted by Crippen LogP contribution is -1.80. The predicted octanol–water partition coefficient (Wildman–Crippen LogP) is 3.55. The Morgan fingerprint density at radius 3 is 3.06 bits per heavy atom. The molecule has 0 spiro atoms. The maximum atomic E-state index is 5.98. The summed E-state index contributed by atoms with van der Waals surface area (Å²) >= 11 is 5.98. The van der Waals surface area contributed by atoms with E-state index in [2.05, 4.69) is 28.2 Å². The third-order valence-corrected chi connectivity index (χ3v) is 3.16. The molecule has 1 aromatic heterocycles. The first kappa shape index (κ1) is 9.67. The van der Waals surface area contributed by atoms with E-state index >= 15 is 0 Å². The number of nitrogens with one attached hydrogen (secondary N) is 1. The summed E-state index contributed by atoms with van der Waals surface area (Å²) in [5.41, 5.74) is 5.07. The topological polar surface area (TPSA) is 28.7 Å². The summed E-state index contributed by atoms with van der Waals surface area (Å²) in [5, 5.41) is 0.821. The molecule has 0 fully saturated rings. The summed E-state index contributed by atoms with van der Waals surface area (Å²) in [6.45, 7) is 0. The van der Waals surface area contributed by atoms with Crippen LogP contribution in [0.5, 0.6) is 0 Å². The van der Waals surface area contributed by atoms with Crippen LogP contribution in [-0.4, -0.2) is 9.97 Å². The number of allylic oxidation sites excluding steroid dienone is 1. The third kappa shape index (κ3) is 1.65. The zero-order valence-electron chi connectivity index (χ0n) is 8.70. The van der Waals surface area contributed by atoms with Gasteiger partial charge in [-0.05, 0) is 47.8 Å².